The first-order chi connectivity index (χ1) is 13.0. The van der Waals surface area contributed by atoms with Gasteiger partial charge in [-0.2, -0.15) is 0 Å². The van der Waals surface area contributed by atoms with E-state index in [0.29, 0.717) is 5.54 Å². The molecule has 2 rings (SSSR count). The van der Waals surface area contributed by atoms with Crippen molar-refractivity contribution in [3.8, 4) is 5.75 Å². The summed E-state index contributed by atoms with van der Waals surface area (Å²) in [5.41, 5.74) is 7.79. The minimum Gasteiger partial charge on any atom is -0.496 e. The Bertz CT molecular complexity index is 843. The van der Waals surface area contributed by atoms with Crippen molar-refractivity contribution in [1.82, 2.24) is 0 Å². The highest BCUT2D eigenvalue weighted by Gasteiger charge is 2.39. The van der Waals surface area contributed by atoms with Gasteiger partial charge in [-0.25, -0.2) is 0 Å². The summed E-state index contributed by atoms with van der Waals surface area (Å²) in [6.07, 6.45) is 5.06. The summed E-state index contributed by atoms with van der Waals surface area (Å²) in [6.45, 7) is 28.6. The number of hydrogen-bond donors (Lipinski definition) is 0. The van der Waals surface area contributed by atoms with Crippen LogP contribution in [0.4, 0.5) is 0 Å². The Balaban J connectivity index is 2.86. The molecule has 1 unspecified atom stereocenters. The lowest BCUT2D eigenvalue weighted by Gasteiger charge is -2.36. The third kappa shape index (κ3) is 4.51. The molecule has 1 aliphatic rings. The topological polar surface area (TPSA) is 9.23 Å². The van der Waals surface area contributed by atoms with Crippen molar-refractivity contribution in [3.05, 3.63) is 46.1 Å². The van der Waals surface area contributed by atoms with Gasteiger partial charge in [-0.15, -0.1) is 0 Å². The number of allylic oxidation sites excluding steroid dienone is 4. The molecule has 1 aliphatic carbocycles. The van der Waals surface area contributed by atoms with Crippen LogP contribution in [-0.2, 0) is 10.8 Å². The van der Waals surface area contributed by atoms with Gasteiger partial charge in [0.15, 0.2) is 0 Å². The highest BCUT2D eigenvalue weighted by Crippen LogP contribution is 2.48. The van der Waals surface area contributed by atoms with Gasteiger partial charge in [0.25, 0.3) is 0 Å². The van der Waals surface area contributed by atoms with Gasteiger partial charge < -0.3 is 4.74 Å². The van der Waals surface area contributed by atoms with Crippen LogP contribution in [0.1, 0.15) is 58.2 Å². The Morgan fingerprint density at radius 1 is 1.00 bits per heavy atom. The molecule has 0 aromatic heterocycles. The van der Waals surface area contributed by atoms with Gasteiger partial charge in [-0.05, 0) is 30.4 Å². The number of methoxy groups -OCH3 is 1. The predicted octanol–water partition coefficient (Wildman–Crippen LogP) is 7.13. The summed E-state index contributed by atoms with van der Waals surface area (Å²) in [5, 5.41) is 1.55. The maximum atomic E-state index is 6.19. The largest absolute Gasteiger partial charge is 0.496 e. The molecule has 0 saturated carbocycles. The summed E-state index contributed by atoms with van der Waals surface area (Å²) in [4.78, 5) is 0. The maximum absolute atomic E-state index is 6.19. The van der Waals surface area contributed by atoms with E-state index in [1.165, 1.54) is 27.8 Å². The first-order valence-electron chi connectivity index (χ1n) is 11.0. The molecule has 0 amide bonds. The van der Waals surface area contributed by atoms with E-state index in [1.807, 2.05) is 7.11 Å². The Morgan fingerprint density at radius 3 is 1.93 bits per heavy atom. The van der Waals surface area contributed by atoms with Crippen molar-refractivity contribution in [3.63, 3.8) is 0 Å². The number of rotatable bonds is 5. The van der Waals surface area contributed by atoms with E-state index >= 15 is 0 Å². The fourth-order valence-corrected chi connectivity index (χ4v) is 8.89. The predicted molar refractivity (Wildman–Crippen MR) is 136 cm³/mol. The summed E-state index contributed by atoms with van der Waals surface area (Å²) in [7, 11) is -0.0808. The number of aryl methyl sites for hydroxylation is 1. The average Bonchev–Trinajstić information content (AvgIpc) is 2.95. The average molecular weight is 428 g/mol. The molecule has 0 fully saturated rings. The molecule has 0 N–H and O–H groups in total. The van der Waals surface area contributed by atoms with Crippen molar-refractivity contribution in [2.75, 3.05) is 7.11 Å². The van der Waals surface area contributed by atoms with Crippen LogP contribution in [0, 0.1) is 6.92 Å². The Hall–Kier alpha value is -1.07. The summed E-state index contributed by atoms with van der Waals surface area (Å²) in [5.74, 6) is 1.11. The zero-order valence-electron chi connectivity index (χ0n) is 21.2. The smallest absolute Gasteiger partial charge is 0.126 e. The first-order valence-corrected chi connectivity index (χ1v) is 17.0. The van der Waals surface area contributed by atoms with E-state index in [4.69, 9.17) is 4.74 Å². The molecular weight excluding hydrogens is 384 g/mol. The molecule has 29 heavy (non-hydrogen) atoms. The highest BCUT2D eigenvalue weighted by atomic mass is 28.3. The fraction of sp³-hybridized carbons (Fsp3) is 0.615. The van der Waals surface area contributed by atoms with Crippen molar-refractivity contribution in [2.24, 2.45) is 0 Å². The van der Waals surface area contributed by atoms with E-state index < -0.39 is 16.9 Å². The van der Waals surface area contributed by atoms with Gasteiger partial charge in [-0.1, -0.05) is 102 Å². The van der Waals surface area contributed by atoms with Crippen molar-refractivity contribution in [2.45, 2.75) is 97.6 Å². The van der Waals surface area contributed by atoms with Gasteiger partial charge in [0, 0.05) is 16.5 Å². The van der Waals surface area contributed by atoms with Crippen molar-refractivity contribution < 1.29 is 4.74 Å². The Kier molecular flexibility index (Phi) is 6.58. The molecule has 0 saturated heterocycles. The third-order valence-electron chi connectivity index (χ3n) is 6.49. The van der Waals surface area contributed by atoms with E-state index in [9.17, 15) is 0 Å². The molecule has 1 aromatic carbocycles. The lowest BCUT2D eigenvalue weighted by Crippen LogP contribution is -2.38. The lowest BCUT2D eigenvalue weighted by atomic mass is 9.73. The van der Waals surface area contributed by atoms with Crippen molar-refractivity contribution in [1.29, 1.82) is 0 Å². The summed E-state index contributed by atoms with van der Waals surface area (Å²) >= 11 is 0. The Morgan fingerprint density at radius 2 is 1.55 bits per heavy atom. The number of hydrogen-bond acceptors (Lipinski definition) is 1. The monoisotopic (exact) mass is 427 g/mol. The van der Waals surface area contributed by atoms with E-state index in [1.54, 1.807) is 5.19 Å². The van der Waals surface area contributed by atoms with Crippen LogP contribution in [0.25, 0.3) is 0 Å². The van der Waals surface area contributed by atoms with Crippen LogP contribution in [0.2, 0.25) is 38.3 Å². The van der Waals surface area contributed by atoms with Crippen LogP contribution >= 0.6 is 0 Å². The molecule has 3 heteroatoms. The van der Waals surface area contributed by atoms with Crippen LogP contribution in [0.5, 0.6) is 5.75 Å². The molecule has 1 atom stereocenters. The molecular formula is C26H43OSi2. The quantitative estimate of drug-likeness (QED) is 0.454. The molecule has 1 nitrogen and oxygen atoms in total. The van der Waals surface area contributed by atoms with Crippen molar-refractivity contribution >= 4 is 22.1 Å². The molecule has 0 bridgehead atoms. The first kappa shape index (κ1) is 24.2. The summed E-state index contributed by atoms with van der Waals surface area (Å²) in [6, 6.07) is 2.39. The van der Waals surface area contributed by atoms with Gasteiger partial charge in [0.05, 0.1) is 24.0 Å². The molecule has 1 aromatic rings. The highest BCUT2D eigenvalue weighted by molar-refractivity contribution is 6.78. The second kappa shape index (κ2) is 7.88. The van der Waals surface area contributed by atoms with Crippen LogP contribution in [0.15, 0.2) is 29.4 Å². The van der Waals surface area contributed by atoms with Crippen LogP contribution in [0.3, 0.4) is 0 Å². The molecule has 0 heterocycles. The minimum atomic E-state index is -1.29. The van der Waals surface area contributed by atoms with Gasteiger partial charge in [0.2, 0.25) is 0 Å². The third-order valence-corrected chi connectivity index (χ3v) is 10.6. The molecule has 161 valence electrons. The maximum Gasteiger partial charge on any atom is 0.126 e. The molecule has 0 aliphatic heterocycles. The minimum absolute atomic E-state index is 0.0462. The van der Waals surface area contributed by atoms with E-state index in [2.05, 4.69) is 99.4 Å². The normalized spacial score (nSPS) is 18.2. The fourth-order valence-electron chi connectivity index (χ4n) is 4.97. The van der Waals surface area contributed by atoms with Crippen LogP contribution in [-0.4, -0.2) is 24.0 Å². The van der Waals surface area contributed by atoms with Crippen LogP contribution < -0.4 is 9.92 Å². The molecule has 0 spiro atoms. The van der Waals surface area contributed by atoms with Gasteiger partial charge in [-0.3, -0.25) is 0 Å². The second-order valence-electron chi connectivity index (χ2n) is 11.8. The van der Waals surface area contributed by atoms with E-state index in [0.717, 1.165) is 5.75 Å². The standard InChI is InChI=1S/C26H43OSi2/c1-17-14-19(16-21(17)29(11,12)13)26(6,7)22-23(27-8)20(25(3,4)5)15-18(2)24(22)28(9)10/h14-16,21H,1-13H3. The zero-order chi connectivity index (χ0) is 22.5. The zero-order valence-corrected chi connectivity index (χ0v) is 23.2. The lowest BCUT2D eigenvalue weighted by molar-refractivity contribution is 0.385. The van der Waals surface area contributed by atoms with E-state index in [-0.39, 0.29) is 10.8 Å². The SMILES string of the molecule is COc1c(C(C)(C)C)cc(C)c([Si](C)C)c1C(C)(C)C1=CC([Si](C)(C)C)C(C)=C1. The number of ether oxygens (including phenoxy) is 1. The van der Waals surface area contributed by atoms with Gasteiger partial charge >= 0.3 is 0 Å². The van der Waals surface area contributed by atoms with Gasteiger partial charge in [0.1, 0.15) is 5.75 Å². The molecule has 1 radical (unpaired) electrons. The second-order valence-corrected chi connectivity index (χ2v) is 19.6. The Labute approximate surface area is 183 Å². The number of benzene rings is 1. The summed E-state index contributed by atoms with van der Waals surface area (Å²) < 4.78 is 6.19.